The molecule has 1 heterocycles. The SMILES string of the molecule is CCCCCOc1ccc(CN2C(=O)[C@@H](NC(C)=O)c3cc(CCCC)ccc32)cc1. The third-order valence-electron chi connectivity index (χ3n) is 5.65. The second-order valence-corrected chi connectivity index (χ2v) is 8.25. The first kappa shape index (κ1) is 22.9. The van der Waals surface area contributed by atoms with Crippen molar-refractivity contribution in [2.24, 2.45) is 0 Å². The molecule has 0 unspecified atom stereocenters. The number of ether oxygens (including phenoxy) is 1. The first-order chi connectivity index (χ1) is 15.0. The summed E-state index contributed by atoms with van der Waals surface area (Å²) in [5.74, 6) is 0.567. The number of nitrogens with one attached hydrogen (secondary N) is 1. The topological polar surface area (TPSA) is 58.6 Å². The summed E-state index contributed by atoms with van der Waals surface area (Å²) in [5, 5.41) is 2.84. The molecule has 0 spiro atoms. The summed E-state index contributed by atoms with van der Waals surface area (Å²) < 4.78 is 5.79. The lowest BCUT2D eigenvalue weighted by Crippen LogP contribution is -2.36. The van der Waals surface area contributed by atoms with Crippen LogP contribution in [-0.2, 0) is 22.6 Å². The maximum Gasteiger partial charge on any atom is 0.254 e. The molecule has 31 heavy (non-hydrogen) atoms. The normalized spacial score (nSPS) is 15.1. The van der Waals surface area contributed by atoms with E-state index in [1.54, 1.807) is 4.90 Å². The Balaban J connectivity index is 1.75. The van der Waals surface area contributed by atoms with Crippen LogP contribution < -0.4 is 15.0 Å². The predicted molar refractivity (Wildman–Crippen MR) is 124 cm³/mol. The van der Waals surface area contributed by atoms with E-state index in [0.29, 0.717) is 6.54 Å². The van der Waals surface area contributed by atoms with Gasteiger partial charge in [-0.15, -0.1) is 0 Å². The molecule has 1 aliphatic rings. The molecule has 0 saturated heterocycles. The van der Waals surface area contributed by atoms with E-state index >= 15 is 0 Å². The van der Waals surface area contributed by atoms with E-state index in [0.717, 1.165) is 54.9 Å². The van der Waals surface area contributed by atoms with Crippen LogP contribution in [0.25, 0.3) is 0 Å². The van der Waals surface area contributed by atoms with Gasteiger partial charge < -0.3 is 15.0 Å². The number of aryl methyl sites for hydroxylation is 1. The number of carbonyl (C=O) groups excluding carboxylic acids is 2. The Morgan fingerprint density at radius 1 is 1.00 bits per heavy atom. The number of unbranched alkanes of at least 4 members (excludes halogenated alkanes) is 3. The molecule has 2 aromatic rings. The number of rotatable bonds is 11. The van der Waals surface area contributed by atoms with Crippen molar-refractivity contribution in [2.75, 3.05) is 11.5 Å². The van der Waals surface area contributed by atoms with Crippen LogP contribution >= 0.6 is 0 Å². The quantitative estimate of drug-likeness (QED) is 0.499. The lowest BCUT2D eigenvalue weighted by Gasteiger charge is -2.18. The van der Waals surface area contributed by atoms with Crippen LogP contribution in [-0.4, -0.2) is 18.4 Å². The van der Waals surface area contributed by atoms with Crippen LogP contribution in [0.4, 0.5) is 5.69 Å². The van der Waals surface area contributed by atoms with Crippen molar-refractivity contribution in [1.29, 1.82) is 0 Å². The Morgan fingerprint density at radius 3 is 2.39 bits per heavy atom. The Hall–Kier alpha value is -2.82. The summed E-state index contributed by atoms with van der Waals surface area (Å²) in [6.07, 6.45) is 6.60. The predicted octanol–water partition coefficient (Wildman–Crippen LogP) is 5.32. The number of fused-ring (bicyclic) bond motifs is 1. The van der Waals surface area contributed by atoms with E-state index in [9.17, 15) is 9.59 Å². The number of nitrogens with zero attached hydrogens (tertiary/aromatic N) is 1. The summed E-state index contributed by atoms with van der Waals surface area (Å²) in [7, 11) is 0. The molecule has 0 bridgehead atoms. The number of hydrogen-bond acceptors (Lipinski definition) is 3. The zero-order valence-corrected chi connectivity index (χ0v) is 18.9. The smallest absolute Gasteiger partial charge is 0.254 e. The first-order valence-electron chi connectivity index (χ1n) is 11.5. The van der Waals surface area contributed by atoms with Gasteiger partial charge in [0, 0.05) is 18.2 Å². The molecule has 2 amide bonds. The highest BCUT2D eigenvalue weighted by atomic mass is 16.5. The maximum atomic E-state index is 13.2. The first-order valence-corrected chi connectivity index (χ1v) is 11.5. The molecular formula is C26H34N2O3. The van der Waals surface area contributed by atoms with Crippen LogP contribution in [0.3, 0.4) is 0 Å². The molecule has 1 aliphatic heterocycles. The van der Waals surface area contributed by atoms with Crippen LogP contribution in [0.1, 0.15) is 75.6 Å². The van der Waals surface area contributed by atoms with Gasteiger partial charge in [0.25, 0.3) is 5.91 Å². The largest absolute Gasteiger partial charge is 0.494 e. The fourth-order valence-corrected chi connectivity index (χ4v) is 3.95. The molecular weight excluding hydrogens is 388 g/mol. The van der Waals surface area contributed by atoms with E-state index in [-0.39, 0.29) is 11.8 Å². The van der Waals surface area contributed by atoms with Gasteiger partial charge in [-0.2, -0.15) is 0 Å². The van der Waals surface area contributed by atoms with Crippen LogP contribution in [0.15, 0.2) is 42.5 Å². The van der Waals surface area contributed by atoms with Crippen molar-refractivity contribution in [3.63, 3.8) is 0 Å². The number of hydrogen-bond donors (Lipinski definition) is 1. The van der Waals surface area contributed by atoms with Crippen LogP contribution in [0.5, 0.6) is 5.75 Å². The van der Waals surface area contributed by atoms with Gasteiger partial charge in [0.2, 0.25) is 5.91 Å². The number of carbonyl (C=O) groups is 2. The monoisotopic (exact) mass is 422 g/mol. The average molecular weight is 423 g/mol. The lowest BCUT2D eigenvalue weighted by molar-refractivity contribution is -0.126. The van der Waals surface area contributed by atoms with Gasteiger partial charge in [-0.25, -0.2) is 0 Å². The van der Waals surface area contributed by atoms with E-state index in [2.05, 4.69) is 31.3 Å². The standard InChI is InChI=1S/C26H34N2O3/c1-4-6-8-16-31-22-13-10-21(11-14-22)18-28-24-15-12-20(9-7-5-2)17-23(24)25(26(28)30)27-19(3)29/h10-15,17,25H,4-9,16,18H2,1-3H3,(H,27,29)/t25-/m0/s1. The molecule has 0 fully saturated rings. The van der Waals surface area contributed by atoms with E-state index in [4.69, 9.17) is 4.74 Å². The van der Waals surface area contributed by atoms with Crippen molar-refractivity contribution in [3.8, 4) is 5.75 Å². The highest BCUT2D eigenvalue weighted by molar-refractivity contribution is 6.06. The van der Waals surface area contributed by atoms with Gasteiger partial charge in [0.1, 0.15) is 11.8 Å². The minimum Gasteiger partial charge on any atom is -0.494 e. The Labute approximate surface area is 185 Å². The van der Waals surface area contributed by atoms with Gasteiger partial charge in [-0.1, -0.05) is 57.4 Å². The minimum atomic E-state index is -0.616. The average Bonchev–Trinajstić information content (AvgIpc) is 3.01. The molecule has 0 saturated carbocycles. The number of anilines is 1. The molecule has 5 nitrogen and oxygen atoms in total. The Morgan fingerprint density at radius 2 is 1.71 bits per heavy atom. The molecule has 2 aromatic carbocycles. The molecule has 1 N–H and O–H groups in total. The van der Waals surface area contributed by atoms with Crippen molar-refractivity contribution in [2.45, 2.75) is 71.9 Å². The third-order valence-corrected chi connectivity index (χ3v) is 5.65. The van der Waals surface area contributed by atoms with Crippen molar-refractivity contribution in [3.05, 3.63) is 59.2 Å². The van der Waals surface area contributed by atoms with Gasteiger partial charge in [-0.05, 0) is 48.6 Å². The molecule has 166 valence electrons. The second-order valence-electron chi connectivity index (χ2n) is 8.25. The molecule has 5 heteroatoms. The number of benzene rings is 2. The van der Waals surface area contributed by atoms with Gasteiger partial charge in [0.05, 0.1) is 13.2 Å². The molecule has 0 radical (unpaired) electrons. The summed E-state index contributed by atoms with van der Waals surface area (Å²) in [6.45, 7) is 6.99. The number of amides is 2. The Bertz CT molecular complexity index is 892. The van der Waals surface area contributed by atoms with Crippen molar-refractivity contribution >= 4 is 17.5 Å². The van der Waals surface area contributed by atoms with Crippen molar-refractivity contribution < 1.29 is 14.3 Å². The highest BCUT2D eigenvalue weighted by Gasteiger charge is 2.37. The van der Waals surface area contributed by atoms with E-state index in [1.807, 2.05) is 30.3 Å². The summed E-state index contributed by atoms with van der Waals surface area (Å²) >= 11 is 0. The lowest BCUT2D eigenvalue weighted by atomic mass is 10.0. The van der Waals surface area contributed by atoms with Crippen LogP contribution in [0, 0.1) is 0 Å². The zero-order chi connectivity index (χ0) is 22.2. The van der Waals surface area contributed by atoms with Crippen molar-refractivity contribution in [1.82, 2.24) is 5.32 Å². The Kier molecular flexibility index (Phi) is 8.10. The molecule has 0 aromatic heterocycles. The fourth-order valence-electron chi connectivity index (χ4n) is 3.95. The van der Waals surface area contributed by atoms with Gasteiger partial charge >= 0.3 is 0 Å². The third kappa shape index (κ3) is 5.87. The van der Waals surface area contributed by atoms with E-state index in [1.165, 1.54) is 25.3 Å². The maximum absolute atomic E-state index is 13.2. The summed E-state index contributed by atoms with van der Waals surface area (Å²) in [5.41, 5.74) is 4.00. The molecule has 0 aliphatic carbocycles. The summed E-state index contributed by atoms with van der Waals surface area (Å²) in [6, 6.07) is 13.5. The summed E-state index contributed by atoms with van der Waals surface area (Å²) in [4.78, 5) is 26.7. The zero-order valence-electron chi connectivity index (χ0n) is 18.9. The van der Waals surface area contributed by atoms with Gasteiger partial charge in [0.15, 0.2) is 0 Å². The molecule has 1 atom stereocenters. The minimum absolute atomic E-state index is 0.0854. The van der Waals surface area contributed by atoms with Crippen LogP contribution in [0.2, 0.25) is 0 Å². The fraction of sp³-hybridized carbons (Fsp3) is 0.462. The second kappa shape index (κ2) is 11.0. The van der Waals surface area contributed by atoms with E-state index < -0.39 is 6.04 Å². The molecule has 3 rings (SSSR count). The highest BCUT2D eigenvalue weighted by Crippen LogP contribution is 2.38. The van der Waals surface area contributed by atoms with Gasteiger partial charge in [-0.3, -0.25) is 9.59 Å².